The average Bonchev–Trinajstić information content (AvgIpc) is 2.73. The molecule has 5 nitrogen and oxygen atoms in total. The topological polar surface area (TPSA) is 43.9 Å². The summed E-state index contributed by atoms with van der Waals surface area (Å²) >= 11 is 0. The first-order valence-corrected chi connectivity index (χ1v) is 11.2. The molecule has 1 aliphatic heterocycles. The fraction of sp³-hybridized carbons (Fsp3) is 0.462. The normalized spacial score (nSPS) is 14.7. The van der Waals surface area contributed by atoms with Crippen LogP contribution in [0.4, 0.5) is 5.69 Å². The van der Waals surface area contributed by atoms with Gasteiger partial charge in [-0.15, -0.1) is 0 Å². The lowest BCUT2D eigenvalue weighted by Gasteiger charge is -2.32. The molecule has 166 valence electrons. The van der Waals surface area contributed by atoms with Crippen molar-refractivity contribution in [3.05, 3.63) is 65.2 Å². The Kier molecular flexibility index (Phi) is 7.85. The zero-order valence-electron chi connectivity index (χ0n) is 19.3. The first-order chi connectivity index (χ1) is 14.8. The molecule has 3 rings (SSSR count). The number of amides is 2. The lowest BCUT2D eigenvalue weighted by atomic mass is 10.1. The van der Waals surface area contributed by atoms with Crippen LogP contribution in [0.25, 0.3) is 0 Å². The molecular formula is C26H35N3O2. The predicted molar refractivity (Wildman–Crippen MR) is 126 cm³/mol. The number of carbonyl (C=O) groups excluding carboxylic acids is 2. The smallest absolute Gasteiger partial charge is 0.227 e. The lowest BCUT2D eigenvalue weighted by molar-refractivity contribution is -0.132. The van der Waals surface area contributed by atoms with Crippen molar-refractivity contribution >= 4 is 17.5 Å². The molecule has 2 aromatic rings. The van der Waals surface area contributed by atoms with Gasteiger partial charge in [0.25, 0.3) is 0 Å². The molecule has 0 bridgehead atoms. The molecule has 0 atom stereocenters. The van der Waals surface area contributed by atoms with Crippen molar-refractivity contribution < 1.29 is 9.59 Å². The van der Waals surface area contributed by atoms with E-state index in [2.05, 4.69) is 57.0 Å². The Labute approximate surface area is 186 Å². The Balaban J connectivity index is 1.77. The molecule has 1 fully saturated rings. The molecule has 2 amide bonds. The van der Waals surface area contributed by atoms with Crippen molar-refractivity contribution in [2.24, 2.45) is 5.92 Å². The molecular weight excluding hydrogens is 386 g/mol. The second-order valence-corrected chi connectivity index (χ2v) is 9.09. The summed E-state index contributed by atoms with van der Waals surface area (Å²) in [6.07, 6.45) is 0.866. The van der Waals surface area contributed by atoms with Crippen molar-refractivity contribution in [3.63, 3.8) is 0 Å². The van der Waals surface area contributed by atoms with Gasteiger partial charge >= 0.3 is 0 Å². The number of likely N-dealkylation sites (N-methyl/N-ethyl adjacent to an activating group) is 1. The molecule has 0 aliphatic carbocycles. The van der Waals surface area contributed by atoms with E-state index in [1.54, 1.807) is 0 Å². The Morgan fingerprint density at radius 2 is 1.65 bits per heavy atom. The van der Waals surface area contributed by atoms with E-state index >= 15 is 0 Å². The molecule has 0 aromatic heterocycles. The Morgan fingerprint density at radius 3 is 2.29 bits per heavy atom. The predicted octanol–water partition coefficient (Wildman–Crippen LogP) is 3.89. The minimum atomic E-state index is 0.109. The van der Waals surface area contributed by atoms with Crippen LogP contribution in [0.15, 0.2) is 48.5 Å². The highest BCUT2D eigenvalue weighted by Crippen LogP contribution is 2.22. The summed E-state index contributed by atoms with van der Waals surface area (Å²) in [6, 6.07) is 16.2. The van der Waals surface area contributed by atoms with Gasteiger partial charge in [0.1, 0.15) is 0 Å². The second kappa shape index (κ2) is 10.6. The number of carbonyl (C=O) groups is 2. The van der Waals surface area contributed by atoms with Gasteiger partial charge in [-0.2, -0.15) is 0 Å². The highest BCUT2D eigenvalue weighted by atomic mass is 16.2. The van der Waals surface area contributed by atoms with Crippen LogP contribution in [-0.2, 0) is 22.6 Å². The quantitative estimate of drug-likeness (QED) is 0.681. The van der Waals surface area contributed by atoms with Gasteiger partial charge in [-0.05, 0) is 43.1 Å². The lowest BCUT2D eigenvalue weighted by Crippen LogP contribution is -2.47. The summed E-state index contributed by atoms with van der Waals surface area (Å²) in [6.45, 7) is 10.1. The molecule has 0 radical (unpaired) electrons. The number of anilines is 1. The van der Waals surface area contributed by atoms with Gasteiger partial charge in [-0.25, -0.2) is 0 Å². The van der Waals surface area contributed by atoms with Crippen molar-refractivity contribution in [2.75, 3.05) is 38.1 Å². The molecule has 1 heterocycles. The molecule has 1 aliphatic rings. The average molecular weight is 422 g/mol. The first-order valence-electron chi connectivity index (χ1n) is 11.2. The van der Waals surface area contributed by atoms with E-state index in [4.69, 9.17) is 0 Å². The zero-order chi connectivity index (χ0) is 22.4. The van der Waals surface area contributed by atoms with E-state index in [1.165, 1.54) is 5.56 Å². The van der Waals surface area contributed by atoms with Crippen LogP contribution in [0.5, 0.6) is 0 Å². The molecule has 31 heavy (non-hydrogen) atoms. The number of benzene rings is 2. The summed E-state index contributed by atoms with van der Waals surface area (Å²) in [7, 11) is 2.09. The number of aryl methyl sites for hydroxylation is 1. The van der Waals surface area contributed by atoms with Crippen LogP contribution in [-0.4, -0.2) is 54.8 Å². The maximum atomic E-state index is 13.1. The molecule has 0 N–H and O–H groups in total. The van der Waals surface area contributed by atoms with Crippen LogP contribution in [0.2, 0.25) is 0 Å². The van der Waals surface area contributed by atoms with Crippen LogP contribution < -0.4 is 4.90 Å². The fourth-order valence-corrected chi connectivity index (χ4v) is 3.84. The summed E-state index contributed by atoms with van der Waals surface area (Å²) < 4.78 is 0. The van der Waals surface area contributed by atoms with Gasteiger partial charge in [0.2, 0.25) is 11.8 Å². The van der Waals surface area contributed by atoms with Gasteiger partial charge in [0.15, 0.2) is 0 Å². The Morgan fingerprint density at radius 1 is 0.968 bits per heavy atom. The van der Waals surface area contributed by atoms with Gasteiger partial charge in [-0.3, -0.25) is 9.59 Å². The Bertz CT molecular complexity index is 884. The minimum absolute atomic E-state index is 0.109. The number of rotatable bonds is 7. The monoisotopic (exact) mass is 421 g/mol. The number of piperazine rings is 1. The van der Waals surface area contributed by atoms with Crippen LogP contribution >= 0.6 is 0 Å². The summed E-state index contributed by atoms with van der Waals surface area (Å²) in [5, 5.41) is 0. The van der Waals surface area contributed by atoms with Gasteiger partial charge in [0.05, 0.1) is 13.0 Å². The second-order valence-electron chi connectivity index (χ2n) is 9.09. The summed E-state index contributed by atoms with van der Waals surface area (Å²) in [5.41, 5.74) is 4.11. The molecule has 5 heteroatoms. The van der Waals surface area contributed by atoms with Crippen molar-refractivity contribution in [1.82, 2.24) is 9.80 Å². The third-order valence-electron chi connectivity index (χ3n) is 5.78. The van der Waals surface area contributed by atoms with Gasteiger partial charge < -0.3 is 14.7 Å². The zero-order valence-corrected chi connectivity index (χ0v) is 19.3. The first kappa shape index (κ1) is 23.0. The van der Waals surface area contributed by atoms with Crippen molar-refractivity contribution in [1.29, 1.82) is 0 Å². The van der Waals surface area contributed by atoms with Crippen molar-refractivity contribution in [3.8, 4) is 0 Å². The van der Waals surface area contributed by atoms with Crippen LogP contribution in [0, 0.1) is 12.8 Å². The van der Waals surface area contributed by atoms with Crippen LogP contribution in [0.3, 0.4) is 0 Å². The van der Waals surface area contributed by atoms with E-state index in [0.717, 1.165) is 43.0 Å². The summed E-state index contributed by atoms with van der Waals surface area (Å²) in [4.78, 5) is 31.9. The number of nitrogens with zero attached hydrogens (tertiary/aromatic N) is 3. The number of hydrogen-bond donors (Lipinski definition) is 0. The van der Waals surface area contributed by atoms with E-state index in [1.807, 2.05) is 34.1 Å². The maximum absolute atomic E-state index is 13.1. The van der Waals surface area contributed by atoms with E-state index in [0.29, 0.717) is 19.4 Å². The van der Waals surface area contributed by atoms with Crippen LogP contribution in [0.1, 0.15) is 37.0 Å². The van der Waals surface area contributed by atoms with Gasteiger partial charge in [-0.1, -0.05) is 55.8 Å². The minimum Gasteiger partial charge on any atom is -0.340 e. The summed E-state index contributed by atoms with van der Waals surface area (Å²) in [5.74, 6) is 0.553. The molecule has 2 aromatic carbocycles. The molecule has 0 unspecified atom stereocenters. The van der Waals surface area contributed by atoms with E-state index < -0.39 is 0 Å². The molecule has 0 saturated carbocycles. The standard InChI is InChI=1S/C26H35N3O2/c1-20(2)16-26(31)29(19-22-10-8-21(3)9-11-22)24-7-5-6-23(17-24)18-25(30)28-14-12-27(4)13-15-28/h5-11,17,20H,12-16,18-19H2,1-4H3. The largest absolute Gasteiger partial charge is 0.340 e. The number of hydrogen-bond acceptors (Lipinski definition) is 3. The fourth-order valence-electron chi connectivity index (χ4n) is 3.84. The third-order valence-corrected chi connectivity index (χ3v) is 5.78. The molecule has 0 spiro atoms. The van der Waals surface area contributed by atoms with E-state index in [-0.39, 0.29) is 17.7 Å². The molecule has 1 saturated heterocycles. The maximum Gasteiger partial charge on any atom is 0.227 e. The highest BCUT2D eigenvalue weighted by molar-refractivity contribution is 5.93. The van der Waals surface area contributed by atoms with Gasteiger partial charge in [0, 0.05) is 38.3 Å². The van der Waals surface area contributed by atoms with E-state index in [9.17, 15) is 9.59 Å². The Hall–Kier alpha value is -2.66. The van der Waals surface area contributed by atoms with Crippen molar-refractivity contribution in [2.45, 2.75) is 40.2 Å². The SMILES string of the molecule is Cc1ccc(CN(C(=O)CC(C)C)c2cccc(CC(=O)N3CCN(C)CC3)c2)cc1. The highest BCUT2D eigenvalue weighted by Gasteiger charge is 2.21. The third kappa shape index (κ3) is 6.66.